The molecule has 0 aromatic heterocycles. The van der Waals surface area contributed by atoms with E-state index in [0.717, 1.165) is 6.42 Å². The van der Waals surface area contributed by atoms with Crippen molar-refractivity contribution in [3.05, 3.63) is 0 Å². The molecule has 0 unspecified atom stereocenters. The van der Waals surface area contributed by atoms with Crippen LogP contribution in [0.4, 0.5) is 0 Å². The SMILES string of the molecule is CCCC[C@H](N)COC. The largest absolute Gasteiger partial charge is 0.383 e. The number of hydrogen-bond acceptors (Lipinski definition) is 2. The van der Waals surface area contributed by atoms with Crippen LogP contribution < -0.4 is 5.73 Å². The van der Waals surface area contributed by atoms with Crippen molar-refractivity contribution in [1.29, 1.82) is 0 Å². The van der Waals surface area contributed by atoms with E-state index in [0.29, 0.717) is 6.61 Å². The molecule has 0 aliphatic carbocycles. The molecule has 0 aromatic carbocycles. The van der Waals surface area contributed by atoms with E-state index in [9.17, 15) is 0 Å². The third-order valence-electron chi connectivity index (χ3n) is 1.31. The minimum atomic E-state index is 0.245. The van der Waals surface area contributed by atoms with Crippen molar-refractivity contribution >= 4 is 0 Å². The van der Waals surface area contributed by atoms with E-state index in [1.54, 1.807) is 7.11 Å². The summed E-state index contributed by atoms with van der Waals surface area (Å²) in [5.74, 6) is 0. The van der Waals surface area contributed by atoms with Crippen molar-refractivity contribution < 1.29 is 4.74 Å². The van der Waals surface area contributed by atoms with Gasteiger partial charge in [-0.3, -0.25) is 0 Å². The van der Waals surface area contributed by atoms with Gasteiger partial charge in [-0.1, -0.05) is 19.8 Å². The molecule has 0 aromatic rings. The van der Waals surface area contributed by atoms with Gasteiger partial charge in [-0.2, -0.15) is 0 Å². The van der Waals surface area contributed by atoms with Crippen LogP contribution in [0.1, 0.15) is 26.2 Å². The Morgan fingerprint density at radius 1 is 1.56 bits per heavy atom. The molecule has 0 saturated heterocycles. The van der Waals surface area contributed by atoms with Crippen molar-refractivity contribution in [2.45, 2.75) is 32.2 Å². The van der Waals surface area contributed by atoms with Crippen molar-refractivity contribution in [2.75, 3.05) is 13.7 Å². The zero-order chi connectivity index (χ0) is 7.11. The molecule has 56 valence electrons. The van der Waals surface area contributed by atoms with Gasteiger partial charge in [-0.05, 0) is 6.42 Å². The Balaban J connectivity index is 2.95. The first-order valence-corrected chi connectivity index (χ1v) is 3.55. The number of unbranched alkanes of at least 4 members (excludes halogenated alkanes) is 1. The summed E-state index contributed by atoms with van der Waals surface area (Å²) in [4.78, 5) is 0. The van der Waals surface area contributed by atoms with Crippen molar-refractivity contribution in [1.82, 2.24) is 0 Å². The Labute approximate surface area is 57.4 Å². The van der Waals surface area contributed by atoms with Crippen molar-refractivity contribution in [3.8, 4) is 0 Å². The van der Waals surface area contributed by atoms with Gasteiger partial charge >= 0.3 is 0 Å². The van der Waals surface area contributed by atoms with Gasteiger partial charge in [0.1, 0.15) is 0 Å². The molecule has 0 aliphatic heterocycles. The highest BCUT2D eigenvalue weighted by molar-refractivity contribution is 4.57. The Kier molecular flexibility index (Phi) is 5.99. The lowest BCUT2D eigenvalue weighted by molar-refractivity contribution is 0.176. The van der Waals surface area contributed by atoms with Gasteiger partial charge in [0, 0.05) is 13.2 Å². The molecule has 0 radical (unpaired) electrons. The average molecular weight is 131 g/mol. The lowest BCUT2D eigenvalue weighted by Gasteiger charge is -2.07. The van der Waals surface area contributed by atoms with Crippen LogP contribution in [0.3, 0.4) is 0 Å². The predicted molar refractivity (Wildman–Crippen MR) is 39.4 cm³/mol. The van der Waals surface area contributed by atoms with E-state index in [1.165, 1.54) is 12.8 Å². The Morgan fingerprint density at radius 2 is 2.22 bits per heavy atom. The highest BCUT2D eigenvalue weighted by Gasteiger charge is 1.98. The molecule has 1 atom stereocenters. The standard InChI is InChI=1S/C7H17NO/c1-3-4-5-7(8)6-9-2/h7H,3-6,8H2,1-2H3/t7-/m0/s1. The second-order valence-electron chi connectivity index (χ2n) is 2.36. The fourth-order valence-electron chi connectivity index (χ4n) is 0.764. The normalized spacial score (nSPS) is 13.7. The number of nitrogens with two attached hydrogens (primary N) is 1. The third kappa shape index (κ3) is 5.80. The van der Waals surface area contributed by atoms with Crippen LogP contribution in [0.15, 0.2) is 0 Å². The fraction of sp³-hybridized carbons (Fsp3) is 1.00. The van der Waals surface area contributed by atoms with Crippen LogP contribution in [-0.2, 0) is 4.74 Å². The molecule has 2 heteroatoms. The summed E-state index contributed by atoms with van der Waals surface area (Å²) in [6.07, 6.45) is 3.52. The second-order valence-corrected chi connectivity index (χ2v) is 2.36. The quantitative estimate of drug-likeness (QED) is 0.607. The summed E-state index contributed by atoms with van der Waals surface area (Å²) in [7, 11) is 1.69. The lowest BCUT2D eigenvalue weighted by atomic mass is 10.1. The topological polar surface area (TPSA) is 35.2 Å². The van der Waals surface area contributed by atoms with E-state index < -0.39 is 0 Å². The van der Waals surface area contributed by atoms with E-state index in [2.05, 4.69) is 6.92 Å². The average Bonchev–Trinajstić information content (AvgIpc) is 1.85. The number of methoxy groups -OCH3 is 1. The molecule has 0 bridgehead atoms. The van der Waals surface area contributed by atoms with Gasteiger partial charge in [0.2, 0.25) is 0 Å². The first-order valence-electron chi connectivity index (χ1n) is 3.55. The minimum Gasteiger partial charge on any atom is -0.383 e. The van der Waals surface area contributed by atoms with E-state index in [4.69, 9.17) is 10.5 Å². The van der Waals surface area contributed by atoms with Crippen LogP contribution in [0.5, 0.6) is 0 Å². The number of rotatable bonds is 5. The molecule has 0 heterocycles. The van der Waals surface area contributed by atoms with Crippen LogP contribution in [0, 0.1) is 0 Å². The smallest absolute Gasteiger partial charge is 0.0613 e. The van der Waals surface area contributed by atoms with Gasteiger partial charge in [-0.25, -0.2) is 0 Å². The number of hydrogen-bond donors (Lipinski definition) is 1. The number of ether oxygens (including phenoxy) is 1. The van der Waals surface area contributed by atoms with Crippen molar-refractivity contribution in [3.63, 3.8) is 0 Å². The molecular weight excluding hydrogens is 114 g/mol. The fourth-order valence-corrected chi connectivity index (χ4v) is 0.764. The van der Waals surface area contributed by atoms with E-state index >= 15 is 0 Å². The van der Waals surface area contributed by atoms with Gasteiger partial charge in [0.25, 0.3) is 0 Å². The molecule has 0 aliphatic rings. The first kappa shape index (κ1) is 8.92. The van der Waals surface area contributed by atoms with E-state index in [1.807, 2.05) is 0 Å². The molecule has 2 nitrogen and oxygen atoms in total. The molecule has 0 fully saturated rings. The summed E-state index contributed by atoms with van der Waals surface area (Å²) in [5, 5.41) is 0. The molecule has 0 saturated carbocycles. The van der Waals surface area contributed by atoms with Crippen LogP contribution >= 0.6 is 0 Å². The van der Waals surface area contributed by atoms with E-state index in [-0.39, 0.29) is 6.04 Å². The van der Waals surface area contributed by atoms with Gasteiger partial charge in [0.15, 0.2) is 0 Å². The maximum absolute atomic E-state index is 5.65. The van der Waals surface area contributed by atoms with Crippen LogP contribution in [-0.4, -0.2) is 19.8 Å². The molecular formula is C7H17NO. The maximum atomic E-state index is 5.65. The molecule has 9 heavy (non-hydrogen) atoms. The van der Waals surface area contributed by atoms with Crippen molar-refractivity contribution in [2.24, 2.45) is 5.73 Å². The maximum Gasteiger partial charge on any atom is 0.0613 e. The zero-order valence-corrected chi connectivity index (χ0v) is 6.39. The summed E-state index contributed by atoms with van der Waals surface area (Å²) >= 11 is 0. The predicted octanol–water partition coefficient (Wildman–Crippen LogP) is 1.15. The third-order valence-corrected chi connectivity index (χ3v) is 1.31. The summed E-state index contributed by atoms with van der Waals surface area (Å²) < 4.78 is 4.88. The second kappa shape index (κ2) is 6.05. The molecule has 0 amide bonds. The molecule has 0 rings (SSSR count). The lowest BCUT2D eigenvalue weighted by Crippen LogP contribution is -2.25. The molecule has 0 spiro atoms. The van der Waals surface area contributed by atoms with Gasteiger partial charge in [-0.15, -0.1) is 0 Å². The minimum absolute atomic E-state index is 0.245. The zero-order valence-electron chi connectivity index (χ0n) is 6.39. The monoisotopic (exact) mass is 131 g/mol. The van der Waals surface area contributed by atoms with Gasteiger partial charge < -0.3 is 10.5 Å². The summed E-state index contributed by atoms with van der Waals surface area (Å²) in [6, 6.07) is 0.245. The Bertz CT molecular complexity index is 56.9. The highest BCUT2D eigenvalue weighted by Crippen LogP contribution is 1.97. The first-order chi connectivity index (χ1) is 4.31. The summed E-state index contributed by atoms with van der Waals surface area (Å²) in [6.45, 7) is 2.86. The highest BCUT2D eigenvalue weighted by atomic mass is 16.5. The molecule has 2 N–H and O–H groups in total. The van der Waals surface area contributed by atoms with Crippen LogP contribution in [0.25, 0.3) is 0 Å². The van der Waals surface area contributed by atoms with Gasteiger partial charge in [0.05, 0.1) is 6.61 Å². The Hall–Kier alpha value is -0.0800. The Morgan fingerprint density at radius 3 is 2.67 bits per heavy atom. The summed E-state index contributed by atoms with van der Waals surface area (Å²) in [5.41, 5.74) is 5.65. The van der Waals surface area contributed by atoms with Crippen LogP contribution in [0.2, 0.25) is 0 Å².